The Hall–Kier alpha value is -1.31. The summed E-state index contributed by atoms with van der Waals surface area (Å²) in [6.45, 7) is 2.09. The molecule has 1 aromatic carbocycles. The molecule has 1 aromatic rings. The highest BCUT2D eigenvalue weighted by molar-refractivity contribution is 6.47. The largest absolute Gasteiger partial charge is 0.563 e. The first-order valence-electron chi connectivity index (χ1n) is 6.35. The first-order chi connectivity index (χ1) is 9.97. The lowest BCUT2D eigenvalue weighted by molar-refractivity contribution is 0.0688. The van der Waals surface area contributed by atoms with Gasteiger partial charge in [0.2, 0.25) is 0 Å². The molecule has 0 atom stereocenters. The number of hydrogen-bond acceptors (Lipinski definition) is 5. The average Bonchev–Trinajstić information content (AvgIpc) is 2.43. The highest BCUT2D eigenvalue weighted by atomic mass is 35.5. The summed E-state index contributed by atoms with van der Waals surface area (Å²) in [6, 6.07) is 0. The Labute approximate surface area is 131 Å². The molecule has 114 valence electrons. The maximum Gasteiger partial charge on any atom is 0.563 e. The summed E-state index contributed by atoms with van der Waals surface area (Å²) in [5.41, 5.74) is -0.311. The van der Waals surface area contributed by atoms with Crippen molar-refractivity contribution < 1.29 is 29.1 Å². The van der Waals surface area contributed by atoms with Crippen LogP contribution in [0.15, 0.2) is 0 Å². The zero-order valence-electron chi connectivity index (χ0n) is 11.2. The second kappa shape index (κ2) is 6.64. The number of halogens is 2. The first-order valence-corrected chi connectivity index (χ1v) is 7.11. The minimum atomic E-state index is -1.31. The normalized spacial score (nSPS) is 13.2. The molecule has 0 spiro atoms. The van der Waals surface area contributed by atoms with E-state index in [0.29, 0.717) is 0 Å². The lowest BCUT2D eigenvalue weighted by Crippen LogP contribution is -2.35. The third-order valence-electron chi connectivity index (χ3n) is 2.83. The third-order valence-corrected chi connectivity index (χ3v) is 3.65. The maximum absolute atomic E-state index is 11.5. The Morgan fingerprint density at radius 3 is 2.71 bits per heavy atom. The number of fused-ring (bicyclic) bond motifs is 1. The van der Waals surface area contributed by atoms with E-state index in [2.05, 4.69) is 0 Å². The highest BCUT2D eigenvalue weighted by Crippen LogP contribution is 2.50. The van der Waals surface area contributed by atoms with Crippen LogP contribution in [-0.4, -0.2) is 36.3 Å². The summed E-state index contributed by atoms with van der Waals surface area (Å²) in [5, 5.41) is 18.8. The number of aromatic carboxylic acids is 1. The van der Waals surface area contributed by atoms with Gasteiger partial charge in [0.05, 0.1) is 6.61 Å². The molecule has 6 nitrogen and oxygen atoms in total. The van der Waals surface area contributed by atoms with Gasteiger partial charge in [-0.15, -0.1) is 0 Å². The minimum absolute atomic E-state index is 0.00457. The van der Waals surface area contributed by atoms with Gasteiger partial charge in [-0.3, -0.25) is 0 Å². The van der Waals surface area contributed by atoms with Gasteiger partial charge in [-0.05, 0) is 6.42 Å². The van der Waals surface area contributed by atoms with Crippen LogP contribution in [-0.2, 0) is 0 Å². The molecule has 0 bridgehead atoms. The van der Waals surface area contributed by atoms with E-state index in [1.54, 1.807) is 0 Å². The number of hydrogen-bond donors (Lipinski definition) is 2. The van der Waals surface area contributed by atoms with Gasteiger partial charge < -0.3 is 24.3 Å². The number of carboxylic acid groups (broad SMARTS) is 1. The molecular weight excluding hydrogens is 322 g/mol. The molecule has 1 aliphatic rings. The van der Waals surface area contributed by atoms with E-state index < -0.39 is 13.1 Å². The Morgan fingerprint density at radius 1 is 1.38 bits per heavy atom. The number of carbonyl (C=O) groups is 1. The predicted octanol–water partition coefficient (Wildman–Crippen LogP) is 2.66. The minimum Gasteiger partial charge on any atom is -0.531 e. The summed E-state index contributed by atoms with van der Waals surface area (Å²) in [7, 11) is -1.28. The highest BCUT2D eigenvalue weighted by Gasteiger charge is 2.36. The van der Waals surface area contributed by atoms with E-state index >= 15 is 0 Å². The van der Waals surface area contributed by atoms with Crippen LogP contribution in [0.25, 0.3) is 0 Å². The SMILES string of the molecule is CCCCOc1c(Cl)c(Cl)c2c(c1C(=O)O)OB(O)CO2. The molecule has 21 heavy (non-hydrogen) atoms. The summed E-state index contributed by atoms with van der Waals surface area (Å²) < 4.78 is 15.8. The van der Waals surface area contributed by atoms with E-state index in [1.165, 1.54) is 0 Å². The number of unbranched alkanes of at least 4 members (excludes halogenated alkanes) is 1. The zero-order valence-corrected chi connectivity index (χ0v) is 12.7. The molecular formula is C12H13BCl2O6. The second-order valence-electron chi connectivity index (χ2n) is 4.38. The molecule has 0 unspecified atom stereocenters. The van der Waals surface area contributed by atoms with Crippen LogP contribution in [0.3, 0.4) is 0 Å². The van der Waals surface area contributed by atoms with Crippen molar-refractivity contribution in [3.05, 3.63) is 15.6 Å². The summed E-state index contributed by atoms with van der Waals surface area (Å²) >= 11 is 12.1. The first kappa shape index (κ1) is 16.1. The van der Waals surface area contributed by atoms with Crippen LogP contribution in [0.1, 0.15) is 30.1 Å². The lowest BCUT2D eigenvalue weighted by Gasteiger charge is -2.25. The summed E-state index contributed by atoms with van der Waals surface area (Å²) in [4.78, 5) is 11.5. The fraction of sp³-hybridized carbons (Fsp3) is 0.417. The maximum atomic E-state index is 11.5. The standard InChI is InChI=1S/C12H13BCl2O6/c1-2-3-4-19-9-6(12(16)17)10-11(8(15)7(9)14)20-5-13(18)21-10/h18H,2-5H2,1H3,(H,16,17). The van der Waals surface area contributed by atoms with Crippen molar-refractivity contribution in [1.82, 2.24) is 0 Å². The van der Waals surface area contributed by atoms with Crippen LogP contribution >= 0.6 is 23.2 Å². The van der Waals surface area contributed by atoms with Gasteiger partial charge in [0.15, 0.2) is 17.2 Å². The zero-order chi connectivity index (χ0) is 15.6. The van der Waals surface area contributed by atoms with E-state index in [4.69, 9.17) is 37.3 Å². The molecule has 2 rings (SSSR count). The molecule has 0 amide bonds. The Balaban J connectivity index is 2.55. The smallest absolute Gasteiger partial charge is 0.531 e. The van der Waals surface area contributed by atoms with Gasteiger partial charge in [0.1, 0.15) is 22.1 Å². The molecule has 1 heterocycles. The van der Waals surface area contributed by atoms with E-state index in [-0.39, 0.29) is 46.0 Å². The quantitative estimate of drug-likeness (QED) is 0.636. The second-order valence-corrected chi connectivity index (χ2v) is 5.14. The molecule has 0 aromatic heterocycles. The number of benzene rings is 1. The van der Waals surface area contributed by atoms with Gasteiger partial charge in [0, 0.05) is 0 Å². The lowest BCUT2D eigenvalue weighted by atomic mass is 9.91. The molecule has 0 fully saturated rings. The van der Waals surface area contributed by atoms with Crippen molar-refractivity contribution in [1.29, 1.82) is 0 Å². The van der Waals surface area contributed by atoms with Crippen molar-refractivity contribution in [3.8, 4) is 17.2 Å². The third kappa shape index (κ3) is 3.15. The molecule has 9 heteroatoms. The van der Waals surface area contributed by atoms with Crippen LogP contribution < -0.4 is 14.1 Å². The van der Waals surface area contributed by atoms with Crippen LogP contribution in [0, 0.1) is 0 Å². The fourth-order valence-electron chi connectivity index (χ4n) is 1.84. The van der Waals surface area contributed by atoms with Gasteiger partial charge in [-0.1, -0.05) is 36.5 Å². The Kier molecular flexibility index (Phi) is 5.08. The van der Waals surface area contributed by atoms with E-state index in [0.717, 1.165) is 12.8 Å². The molecule has 0 saturated heterocycles. The van der Waals surface area contributed by atoms with Crippen molar-refractivity contribution in [2.45, 2.75) is 19.8 Å². The average molecular weight is 335 g/mol. The molecule has 1 aliphatic heterocycles. The van der Waals surface area contributed by atoms with Crippen LogP contribution in [0.4, 0.5) is 0 Å². The monoisotopic (exact) mass is 334 g/mol. The number of carboxylic acids is 1. The Bertz CT molecular complexity index is 565. The topological polar surface area (TPSA) is 85.2 Å². The summed E-state index contributed by atoms with van der Waals surface area (Å²) in [6.07, 6.45) is 1.60. The molecule has 0 aliphatic carbocycles. The van der Waals surface area contributed by atoms with Gasteiger partial charge >= 0.3 is 13.1 Å². The Morgan fingerprint density at radius 2 is 2.10 bits per heavy atom. The summed E-state index contributed by atoms with van der Waals surface area (Å²) in [5.74, 6) is -1.58. The van der Waals surface area contributed by atoms with Gasteiger partial charge in [-0.25, -0.2) is 4.79 Å². The van der Waals surface area contributed by atoms with Crippen LogP contribution in [0.5, 0.6) is 17.2 Å². The predicted molar refractivity (Wildman–Crippen MR) is 77.9 cm³/mol. The molecule has 2 N–H and O–H groups in total. The number of ether oxygens (including phenoxy) is 2. The number of rotatable bonds is 5. The van der Waals surface area contributed by atoms with Crippen molar-refractivity contribution in [2.24, 2.45) is 0 Å². The molecule has 0 saturated carbocycles. The van der Waals surface area contributed by atoms with Gasteiger partial charge in [0.25, 0.3) is 0 Å². The van der Waals surface area contributed by atoms with Crippen molar-refractivity contribution in [3.63, 3.8) is 0 Å². The molecule has 0 radical (unpaired) electrons. The van der Waals surface area contributed by atoms with E-state index in [9.17, 15) is 14.9 Å². The van der Waals surface area contributed by atoms with E-state index in [1.807, 2.05) is 6.92 Å². The van der Waals surface area contributed by atoms with Crippen LogP contribution in [0.2, 0.25) is 10.0 Å². The van der Waals surface area contributed by atoms with Crippen molar-refractivity contribution in [2.75, 3.05) is 13.1 Å². The van der Waals surface area contributed by atoms with Crippen molar-refractivity contribution >= 4 is 36.3 Å². The fourth-order valence-corrected chi connectivity index (χ4v) is 2.30. The van der Waals surface area contributed by atoms with Gasteiger partial charge in [-0.2, -0.15) is 0 Å².